The number of carbonyl (C=O) groups excluding carboxylic acids is 1. The van der Waals surface area contributed by atoms with Gasteiger partial charge < -0.3 is 9.64 Å². The van der Waals surface area contributed by atoms with Gasteiger partial charge in [-0.1, -0.05) is 22.9 Å². The second kappa shape index (κ2) is 6.42. The van der Waals surface area contributed by atoms with Crippen LogP contribution in [-0.4, -0.2) is 35.5 Å². The lowest BCUT2D eigenvalue weighted by Gasteiger charge is -2.17. The summed E-state index contributed by atoms with van der Waals surface area (Å²) in [6.07, 6.45) is -4.57. The average Bonchev–Trinajstić information content (AvgIpc) is 2.69. The largest absolute Gasteiger partial charge is 0.460 e. The topological polar surface area (TPSA) is 42.4 Å². The van der Waals surface area contributed by atoms with E-state index in [9.17, 15) is 18.0 Å². The van der Waals surface area contributed by atoms with Crippen molar-refractivity contribution in [2.75, 3.05) is 19.7 Å². The molecule has 1 heterocycles. The van der Waals surface area contributed by atoms with Crippen molar-refractivity contribution in [1.82, 2.24) is 9.88 Å². The molecule has 19 heavy (non-hydrogen) atoms. The minimum absolute atomic E-state index is 0.266. The summed E-state index contributed by atoms with van der Waals surface area (Å²) < 4.78 is 42.3. The maximum absolute atomic E-state index is 12.5. The molecule has 9 heteroatoms. The molecule has 108 valence electrons. The highest BCUT2D eigenvalue weighted by atomic mass is 35.5. The average molecular weight is 317 g/mol. The number of thiazole rings is 1. The molecule has 0 saturated heterocycles. The Kier molecular flexibility index (Phi) is 5.42. The normalized spacial score (nSPS) is 11.5. The molecule has 0 saturated carbocycles. The second-order valence-electron chi connectivity index (χ2n) is 3.45. The van der Waals surface area contributed by atoms with Gasteiger partial charge in [0.1, 0.15) is 0 Å². The van der Waals surface area contributed by atoms with Gasteiger partial charge in [0.2, 0.25) is 0 Å². The molecule has 0 aliphatic rings. The quantitative estimate of drug-likeness (QED) is 0.838. The van der Waals surface area contributed by atoms with Crippen LogP contribution < -0.4 is 4.74 Å². The van der Waals surface area contributed by atoms with Crippen LogP contribution in [0.4, 0.5) is 13.2 Å². The van der Waals surface area contributed by atoms with Gasteiger partial charge in [-0.25, -0.2) is 0 Å². The van der Waals surface area contributed by atoms with E-state index >= 15 is 0 Å². The first-order valence-electron chi connectivity index (χ1n) is 5.43. The number of nitrogens with zero attached hydrogens (tertiary/aromatic N) is 2. The molecule has 0 radical (unpaired) electrons. The van der Waals surface area contributed by atoms with E-state index in [0.717, 1.165) is 0 Å². The third-order valence-electron chi connectivity index (χ3n) is 2.26. The van der Waals surface area contributed by atoms with Crippen molar-refractivity contribution in [2.24, 2.45) is 0 Å². The van der Waals surface area contributed by atoms with Crippen molar-refractivity contribution in [3.8, 4) is 5.19 Å². The Hall–Kier alpha value is -1.02. The lowest BCUT2D eigenvalue weighted by atomic mass is 10.5. The number of likely N-dealkylation sites (N-methyl/N-ethyl adjacent to an activating group) is 1. The highest BCUT2D eigenvalue weighted by Gasteiger charge is 2.37. The Morgan fingerprint density at radius 2 is 2.00 bits per heavy atom. The molecular weight excluding hydrogens is 305 g/mol. The fourth-order valence-electron chi connectivity index (χ4n) is 1.31. The zero-order chi connectivity index (χ0) is 14.6. The number of hydrogen-bond acceptors (Lipinski definition) is 4. The molecule has 0 spiro atoms. The zero-order valence-corrected chi connectivity index (χ0v) is 11.8. The highest BCUT2D eigenvalue weighted by Crippen LogP contribution is 2.41. The van der Waals surface area contributed by atoms with Crippen LogP contribution in [0, 0.1) is 0 Å². The van der Waals surface area contributed by atoms with Gasteiger partial charge in [-0.2, -0.15) is 18.2 Å². The Bertz CT molecular complexity index is 446. The summed E-state index contributed by atoms with van der Waals surface area (Å²) in [7, 11) is 0. The standard InChI is InChI=1S/C10H12ClF3N2O2S/c1-3-16(4-2)6(17)5-18-9-15-8(11)7(19-9)10(12,13)14/h3-5H2,1-2H3. The first-order chi connectivity index (χ1) is 8.79. The van der Waals surface area contributed by atoms with Gasteiger partial charge in [0.15, 0.2) is 16.6 Å². The Morgan fingerprint density at radius 3 is 2.42 bits per heavy atom. The first kappa shape index (κ1) is 16.0. The van der Waals surface area contributed by atoms with Crippen molar-refractivity contribution in [3.63, 3.8) is 0 Å². The Labute approximate surface area is 117 Å². The molecule has 1 aromatic rings. The maximum Gasteiger partial charge on any atom is 0.428 e. The second-order valence-corrected chi connectivity index (χ2v) is 4.77. The molecule has 0 unspecified atom stereocenters. The van der Waals surface area contributed by atoms with E-state index in [1.54, 1.807) is 13.8 Å². The summed E-state index contributed by atoms with van der Waals surface area (Å²) in [5.41, 5.74) is 0. The van der Waals surface area contributed by atoms with Crippen molar-refractivity contribution < 1.29 is 22.7 Å². The SMILES string of the molecule is CCN(CC)C(=O)COc1nc(Cl)c(C(F)(F)F)s1. The number of aromatic nitrogens is 1. The smallest absolute Gasteiger partial charge is 0.428 e. The van der Waals surface area contributed by atoms with Gasteiger partial charge in [0, 0.05) is 13.1 Å². The van der Waals surface area contributed by atoms with Gasteiger partial charge in [0.05, 0.1) is 0 Å². The van der Waals surface area contributed by atoms with E-state index in [4.69, 9.17) is 16.3 Å². The number of rotatable bonds is 5. The monoisotopic (exact) mass is 316 g/mol. The van der Waals surface area contributed by atoms with Gasteiger partial charge in [0.25, 0.3) is 11.1 Å². The van der Waals surface area contributed by atoms with E-state index in [2.05, 4.69) is 4.98 Å². The van der Waals surface area contributed by atoms with Crippen LogP contribution in [-0.2, 0) is 11.0 Å². The van der Waals surface area contributed by atoms with Crippen LogP contribution in [0.5, 0.6) is 5.19 Å². The van der Waals surface area contributed by atoms with E-state index in [1.165, 1.54) is 4.90 Å². The van der Waals surface area contributed by atoms with Gasteiger partial charge in [-0.3, -0.25) is 4.79 Å². The molecule has 0 fully saturated rings. The number of carbonyl (C=O) groups is 1. The number of amides is 1. The minimum Gasteiger partial charge on any atom is -0.460 e. The third kappa shape index (κ3) is 4.24. The number of hydrogen-bond donors (Lipinski definition) is 0. The summed E-state index contributed by atoms with van der Waals surface area (Å²) in [5, 5.41) is -0.930. The molecule has 0 bridgehead atoms. The Morgan fingerprint density at radius 1 is 1.42 bits per heavy atom. The van der Waals surface area contributed by atoms with Gasteiger partial charge in [-0.15, -0.1) is 0 Å². The van der Waals surface area contributed by atoms with Crippen LogP contribution in [0.25, 0.3) is 0 Å². The van der Waals surface area contributed by atoms with Crippen LogP contribution >= 0.6 is 22.9 Å². The van der Waals surface area contributed by atoms with Crippen molar-refractivity contribution >= 4 is 28.8 Å². The maximum atomic E-state index is 12.5. The highest BCUT2D eigenvalue weighted by molar-refractivity contribution is 7.14. The predicted molar refractivity (Wildman–Crippen MR) is 65.5 cm³/mol. The summed E-state index contributed by atoms with van der Waals surface area (Å²) in [6, 6.07) is 0. The fraction of sp³-hybridized carbons (Fsp3) is 0.600. The van der Waals surface area contributed by atoms with Crippen molar-refractivity contribution in [3.05, 3.63) is 10.0 Å². The fourth-order valence-corrected chi connectivity index (χ4v) is 2.34. The zero-order valence-electron chi connectivity index (χ0n) is 10.3. The molecule has 0 N–H and O–H groups in total. The van der Waals surface area contributed by atoms with E-state index in [-0.39, 0.29) is 29.0 Å². The van der Waals surface area contributed by atoms with Gasteiger partial charge >= 0.3 is 6.18 Å². The summed E-state index contributed by atoms with van der Waals surface area (Å²) in [6.45, 7) is 4.24. The molecule has 0 aromatic carbocycles. The van der Waals surface area contributed by atoms with Crippen molar-refractivity contribution in [2.45, 2.75) is 20.0 Å². The first-order valence-corrected chi connectivity index (χ1v) is 6.63. The summed E-state index contributed by atoms with van der Waals surface area (Å²) in [4.78, 5) is 15.5. The van der Waals surface area contributed by atoms with Crippen LogP contribution in [0.1, 0.15) is 18.7 Å². The van der Waals surface area contributed by atoms with E-state index < -0.39 is 16.2 Å². The lowest BCUT2D eigenvalue weighted by molar-refractivity contribution is -0.134. The minimum atomic E-state index is -4.57. The van der Waals surface area contributed by atoms with Crippen LogP contribution in [0.2, 0.25) is 5.15 Å². The molecule has 1 rings (SSSR count). The number of alkyl halides is 3. The molecule has 0 atom stereocenters. The van der Waals surface area contributed by atoms with Crippen molar-refractivity contribution in [1.29, 1.82) is 0 Å². The summed E-state index contributed by atoms with van der Waals surface area (Å²) >= 11 is 5.64. The third-order valence-corrected chi connectivity index (χ3v) is 3.66. The van der Waals surface area contributed by atoms with E-state index in [0.29, 0.717) is 13.1 Å². The van der Waals surface area contributed by atoms with E-state index in [1.807, 2.05) is 0 Å². The molecule has 0 aliphatic carbocycles. The Balaban J connectivity index is 2.67. The van der Waals surface area contributed by atoms with Crippen LogP contribution in [0.3, 0.4) is 0 Å². The molecule has 1 amide bonds. The molecular formula is C10H12ClF3N2O2S. The predicted octanol–water partition coefficient (Wildman–Crippen LogP) is 3.06. The number of ether oxygens (including phenoxy) is 1. The summed E-state index contributed by atoms with van der Waals surface area (Å²) in [5.74, 6) is -0.315. The van der Waals surface area contributed by atoms with Gasteiger partial charge in [-0.05, 0) is 13.8 Å². The number of halogens is 4. The lowest BCUT2D eigenvalue weighted by Crippen LogP contribution is -2.34. The van der Waals surface area contributed by atoms with Crippen LogP contribution in [0.15, 0.2) is 0 Å². The molecule has 4 nitrogen and oxygen atoms in total. The molecule has 1 aromatic heterocycles. The molecule has 0 aliphatic heterocycles.